The highest BCUT2D eigenvalue weighted by atomic mass is 16.4. The molecule has 0 aromatic carbocycles. The molecule has 0 aromatic heterocycles. The van der Waals surface area contributed by atoms with Gasteiger partial charge in [-0.1, -0.05) is 0 Å². The topological polar surface area (TPSA) is 93.1 Å². The van der Waals surface area contributed by atoms with Crippen molar-refractivity contribution in [1.29, 1.82) is 0 Å². The summed E-state index contributed by atoms with van der Waals surface area (Å²) in [5.74, 6) is -1.08. The molecule has 0 bridgehead atoms. The molecule has 7 nitrogen and oxygen atoms in total. The average molecular weight is 259 g/mol. The summed E-state index contributed by atoms with van der Waals surface area (Å²) in [4.78, 5) is 26.0. The molecule has 1 aliphatic heterocycles. The lowest BCUT2D eigenvalue weighted by molar-refractivity contribution is -0.138. The van der Waals surface area contributed by atoms with Crippen molar-refractivity contribution in [2.24, 2.45) is 0 Å². The summed E-state index contributed by atoms with van der Waals surface area (Å²) >= 11 is 0. The van der Waals surface area contributed by atoms with E-state index in [9.17, 15) is 14.7 Å². The van der Waals surface area contributed by atoms with Crippen molar-refractivity contribution < 1.29 is 19.8 Å². The fourth-order valence-corrected chi connectivity index (χ4v) is 2.07. The molecule has 3 unspecified atom stereocenters. The number of aliphatic hydroxyl groups excluding tert-OH is 1. The van der Waals surface area contributed by atoms with Gasteiger partial charge in [-0.2, -0.15) is 0 Å². The minimum atomic E-state index is -1.08. The fraction of sp³-hybridized carbons (Fsp3) is 0.818. The van der Waals surface area contributed by atoms with Crippen molar-refractivity contribution >= 4 is 12.0 Å². The molecule has 0 aliphatic carbocycles. The third-order valence-electron chi connectivity index (χ3n) is 2.94. The molecule has 3 atom stereocenters. The van der Waals surface area contributed by atoms with Gasteiger partial charge in [-0.3, -0.25) is 4.79 Å². The van der Waals surface area contributed by atoms with Gasteiger partial charge in [0.2, 0.25) is 0 Å². The van der Waals surface area contributed by atoms with Crippen LogP contribution >= 0.6 is 0 Å². The molecule has 1 saturated heterocycles. The zero-order chi connectivity index (χ0) is 13.9. The van der Waals surface area contributed by atoms with Gasteiger partial charge >= 0.3 is 12.0 Å². The Balaban J connectivity index is 2.61. The van der Waals surface area contributed by atoms with Crippen LogP contribution in [0.1, 0.15) is 13.3 Å². The van der Waals surface area contributed by atoms with Crippen LogP contribution in [-0.4, -0.2) is 77.4 Å². The number of carboxylic acids is 1. The number of nitrogens with zero attached hydrogens (tertiary/aromatic N) is 2. The Morgan fingerprint density at radius 1 is 1.50 bits per heavy atom. The molecule has 0 radical (unpaired) electrons. The summed E-state index contributed by atoms with van der Waals surface area (Å²) in [6, 6.07) is -1.46. The van der Waals surface area contributed by atoms with Crippen LogP contribution in [0.15, 0.2) is 0 Å². The quantitative estimate of drug-likeness (QED) is 0.612. The van der Waals surface area contributed by atoms with Crippen LogP contribution in [0, 0.1) is 0 Å². The number of amides is 2. The van der Waals surface area contributed by atoms with E-state index < -0.39 is 24.1 Å². The van der Waals surface area contributed by atoms with Crippen molar-refractivity contribution in [3.63, 3.8) is 0 Å². The van der Waals surface area contributed by atoms with Crippen LogP contribution in [0.5, 0.6) is 0 Å². The minimum absolute atomic E-state index is 0.0870. The summed E-state index contributed by atoms with van der Waals surface area (Å²) in [5, 5.41) is 20.8. The molecule has 3 N–H and O–H groups in total. The molecule has 0 saturated carbocycles. The third-order valence-corrected chi connectivity index (χ3v) is 2.94. The molecule has 7 heteroatoms. The third kappa shape index (κ3) is 3.85. The van der Waals surface area contributed by atoms with Gasteiger partial charge in [0.1, 0.15) is 6.04 Å². The van der Waals surface area contributed by atoms with Crippen molar-refractivity contribution in [3.8, 4) is 0 Å². The number of carboxylic acid groups (broad SMARTS) is 1. The lowest BCUT2D eigenvalue weighted by Gasteiger charge is -2.27. The SMILES string of the molecule is CC(NC(=O)N1CC(O)CC1CN(C)C)C(=O)O. The number of rotatable bonds is 4. The predicted molar refractivity (Wildman–Crippen MR) is 65.3 cm³/mol. The molecule has 2 amide bonds. The smallest absolute Gasteiger partial charge is 0.325 e. The highest BCUT2D eigenvalue weighted by Crippen LogP contribution is 2.18. The Labute approximate surface area is 106 Å². The molecule has 1 fully saturated rings. The maximum absolute atomic E-state index is 11.9. The number of aliphatic carboxylic acids is 1. The Bertz CT molecular complexity index is 321. The van der Waals surface area contributed by atoms with E-state index in [0.29, 0.717) is 13.0 Å². The monoisotopic (exact) mass is 259 g/mol. The maximum Gasteiger partial charge on any atom is 0.325 e. The molecular formula is C11H21N3O4. The van der Waals surface area contributed by atoms with E-state index in [-0.39, 0.29) is 12.6 Å². The first-order valence-corrected chi connectivity index (χ1v) is 5.94. The van der Waals surface area contributed by atoms with Gasteiger partial charge in [-0.15, -0.1) is 0 Å². The van der Waals surface area contributed by atoms with E-state index >= 15 is 0 Å². The van der Waals surface area contributed by atoms with Gasteiger partial charge in [0.25, 0.3) is 0 Å². The Morgan fingerprint density at radius 2 is 2.11 bits per heavy atom. The first-order chi connectivity index (χ1) is 8.31. The second kappa shape index (κ2) is 6.01. The van der Waals surface area contributed by atoms with Gasteiger partial charge < -0.3 is 25.3 Å². The molecule has 0 spiro atoms. The van der Waals surface area contributed by atoms with Crippen molar-refractivity contribution in [1.82, 2.24) is 15.1 Å². The zero-order valence-corrected chi connectivity index (χ0v) is 11.0. The molecule has 1 rings (SSSR count). The maximum atomic E-state index is 11.9. The summed E-state index contributed by atoms with van der Waals surface area (Å²) in [7, 11) is 3.78. The van der Waals surface area contributed by atoms with Gasteiger partial charge in [0, 0.05) is 19.1 Å². The molecule has 1 aliphatic rings. The normalized spacial score (nSPS) is 25.3. The largest absolute Gasteiger partial charge is 0.480 e. The lowest BCUT2D eigenvalue weighted by atomic mass is 10.2. The molecule has 1 heterocycles. The number of aliphatic hydroxyl groups is 1. The van der Waals surface area contributed by atoms with E-state index in [1.807, 2.05) is 19.0 Å². The summed E-state index contributed by atoms with van der Waals surface area (Å²) in [6.45, 7) is 2.30. The first kappa shape index (κ1) is 14.7. The standard InChI is InChI=1S/C11H21N3O4/c1-7(10(16)17)12-11(18)14-6-9(15)4-8(14)5-13(2)3/h7-9,15H,4-6H2,1-3H3,(H,12,18)(H,16,17). The number of nitrogens with one attached hydrogen (secondary N) is 1. The first-order valence-electron chi connectivity index (χ1n) is 5.94. The summed E-state index contributed by atoms with van der Waals surface area (Å²) in [6.07, 6.45) is -0.0200. The van der Waals surface area contributed by atoms with E-state index in [1.165, 1.54) is 11.8 Å². The number of likely N-dealkylation sites (tertiary alicyclic amines) is 1. The van der Waals surface area contributed by atoms with Gasteiger partial charge in [-0.05, 0) is 27.4 Å². The number of β-amino-alcohol motifs (C(OH)–C–C–N with tert-alkyl or cyclic N) is 1. The number of hydrogen-bond donors (Lipinski definition) is 3. The van der Waals surface area contributed by atoms with Crippen molar-refractivity contribution in [2.45, 2.75) is 31.5 Å². The fourth-order valence-electron chi connectivity index (χ4n) is 2.07. The van der Waals surface area contributed by atoms with E-state index in [2.05, 4.69) is 5.32 Å². The van der Waals surface area contributed by atoms with Gasteiger partial charge in [-0.25, -0.2) is 4.79 Å². The van der Waals surface area contributed by atoms with Crippen LogP contribution < -0.4 is 5.32 Å². The summed E-state index contributed by atoms with van der Waals surface area (Å²) < 4.78 is 0. The van der Waals surface area contributed by atoms with Crippen LogP contribution in [0.25, 0.3) is 0 Å². The Hall–Kier alpha value is -1.34. The van der Waals surface area contributed by atoms with E-state index in [4.69, 9.17) is 5.11 Å². The zero-order valence-electron chi connectivity index (χ0n) is 11.0. The molecule has 18 heavy (non-hydrogen) atoms. The lowest BCUT2D eigenvalue weighted by Crippen LogP contribution is -2.50. The van der Waals surface area contributed by atoms with Gasteiger partial charge in [0.15, 0.2) is 0 Å². The molecule has 104 valence electrons. The van der Waals surface area contributed by atoms with Crippen molar-refractivity contribution in [3.05, 3.63) is 0 Å². The van der Waals surface area contributed by atoms with Crippen molar-refractivity contribution in [2.75, 3.05) is 27.2 Å². The Kier molecular flexibility index (Phi) is 4.92. The second-order valence-corrected chi connectivity index (χ2v) is 4.97. The number of hydrogen-bond acceptors (Lipinski definition) is 4. The van der Waals surface area contributed by atoms with E-state index in [0.717, 1.165) is 0 Å². The van der Waals surface area contributed by atoms with Crippen LogP contribution in [-0.2, 0) is 4.79 Å². The Morgan fingerprint density at radius 3 is 2.61 bits per heavy atom. The average Bonchev–Trinajstić information content (AvgIpc) is 2.58. The summed E-state index contributed by atoms with van der Waals surface area (Å²) in [5.41, 5.74) is 0. The van der Waals surface area contributed by atoms with Crippen LogP contribution in [0.2, 0.25) is 0 Å². The number of likely N-dealkylation sites (N-methyl/N-ethyl adjacent to an activating group) is 1. The number of carbonyl (C=O) groups excluding carboxylic acids is 1. The highest BCUT2D eigenvalue weighted by Gasteiger charge is 2.35. The minimum Gasteiger partial charge on any atom is -0.480 e. The highest BCUT2D eigenvalue weighted by molar-refractivity contribution is 5.82. The van der Waals surface area contributed by atoms with E-state index in [1.54, 1.807) is 0 Å². The number of carbonyl (C=O) groups is 2. The number of urea groups is 1. The molecular weight excluding hydrogens is 238 g/mol. The molecule has 0 aromatic rings. The second-order valence-electron chi connectivity index (χ2n) is 4.97. The van der Waals surface area contributed by atoms with Crippen LogP contribution in [0.4, 0.5) is 4.79 Å². The van der Waals surface area contributed by atoms with Gasteiger partial charge in [0.05, 0.1) is 6.10 Å². The van der Waals surface area contributed by atoms with Crippen LogP contribution in [0.3, 0.4) is 0 Å². The predicted octanol–water partition coefficient (Wildman–Crippen LogP) is -0.834.